The van der Waals surface area contributed by atoms with E-state index >= 15 is 0 Å². The maximum Gasteiger partial charge on any atom is 0.307 e. The monoisotopic (exact) mass is 422 g/mol. The zero-order valence-electron chi connectivity index (χ0n) is 16.3. The van der Waals surface area contributed by atoms with Gasteiger partial charge in [-0.15, -0.1) is 11.3 Å². The third kappa shape index (κ3) is 3.13. The molecule has 0 aliphatic heterocycles. The molecule has 1 aromatic heterocycles. The topological polar surface area (TPSA) is 95.5 Å². The lowest BCUT2D eigenvalue weighted by Gasteiger charge is -2.23. The standard InChI is InChI=1S/C23H22N2O4S/c26-20(17-12-9-10-13(11-12)18(17)23(28)29)25-22-19(15-7-4-8-16(15)30-22)21(27)24-14-5-2-1-3-6-14/h1-3,5-6,9-10,12-13,17-18H,4,7-8,11H2,(H,24,27)(H,25,26)(H,28,29)/t12-,13+,17-,18-/m0/s1. The summed E-state index contributed by atoms with van der Waals surface area (Å²) >= 11 is 1.45. The van der Waals surface area contributed by atoms with Crippen molar-refractivity contribution in [1.82, 2.24) is 0 Å². The number of amides is 2. The molecule has 154 valence electrons. The van der Waals surface area contributed by atoms with Gasteiger partial charge in [0.15, 0.2) is 0 Å². The summed E-state index contributed by atoms with van der Waals surface area (Å²) < 4.78 is 0. The number of allylic oxidation sites excluding steroid dienone is 2. The van der Waals surface area contributed by atoms with Crippen molar-refractivity contribution in [2.24, 2.45) is 23.7 Å². The number of aliphatic carboxylic acids is 1. The molecule has 4 atom stereocenters. The van der Waals surface area contributed by atoms with Crippen LogP contribution in [-0.4, -0.2) is 22.9 Å². The summed E-state index contributed by atoms with van der Waals surface area (Å²) in [6.45, 7) is 0. The lowest BCUT2D eigenvalue weighted by Crippen LogP contribution is -2.36. The van der Waals surface area contributed by atoms with Gasteiger partial charge in [-0.1, -0.05) is 30.4 Å². The molecule has 3 aliphatic carbocycles. The van der Waals surface area contributed by atoms with Gasteiger partial charge in [-0.05, 0) is 55.2 Å². The zero-order chi connectivity index (χ0) is 20.8. The van der Waals surface area contributed by atoms with Gasteiger partial charge in [-0.25, -0.2) is 0 Å². The van der Waals surface area contributed by atoms with E-state index in [-0.39, 0.29) is 23.7 Å². The predicted octanol–water partition coefficient (Wildman–Crippen LogP) is 3.95. The Kier molecular flexibility index (Phi) is 4.70. The van der Waals surface area contributed by atoms with E-state index in [1.165, 1.54) is 11.3 Å². The van der Waals surface area contributed by atoms with Crippen molar-refractivity contribution in [2.75, 3.05) is 10.6 Å². The average molecular weight is 423 g/mol. The van der Waals surface area contributed by atoms with Gasteiger partial charge in [-0.2, -0.15) is 0 Å². The molecular formula is C23H22N2O4S. The molecule has 1 fully saturated rings. The van der Waals surface area contributed by atoms with Crippen LogP contribution in [0.5, 0.6) is 0 Å². The van der Waals surface area contributed by atoms with Crippen LogP contribution >= 0.6 is 11.3 Å². The predicted molar refractivity (Wildman–Crippen MR) is 115 cm³/mol. The molecule has 7 heteroatoms. The Bertz CT molecular complexity index is 1060. The summed E-state index contributed by atoms with van der Waals surface area (Å²) in [7, 11) is 0. The smallest absolute Gasteiger partial charge is 0.307 e. The van der Waals surface area contributed by atoms with Crippen LogP contribution in [0, 0.1) is 23.7 Å². The highest BCUT2D eigenvalue weighted by atomic mass is 32.1. The first-order valence-electron chi connectivity index (χ1n) is 10.3. The van der Waals surface area contributed by atoms with E-state index in [9.17, 15) is 19.5 Å². The van der Waals surface area contributed by atoms with Crippen molar-refractivity contribution >= 4 is 39.8 Å². The Labute approximate surface area is 178 Å². The van der Waals surface area contributed by atoms with E-state index in [4.69, 9.17) is 0 Å². The molecule has 2 amide bonds. The summed E-state index contributed by atoms with van der Waals surface area (Å²) in [4.78, 5) is 39.1. The number of thiophene rings is 1. The molecule has 1 saturated carbocycles. The second kappa shape index (κ2) is 7.40. The average Bonchev–Trinajstić information content (AvgIpc) is 3.48. The van der Waals surface area contributed by atoms with Gasteiger partial charge < -0.3 is 15.7 Å². The molecule has 5 rings (SSSR count). The zero-order valence-corrected chi connectivity index (χ0v) is 17.1. The van der Waals surface area contributed by atoms with Crippen molar-refractivity contribution < 1.29 is 19.5 Å². The molecule has 0 unspecified atom stereocenters. The quantitative estimate of drug-likeness (QED) is 0.636. The van der Waals surface area contributed by atoms with Crippen LogP contribution in [0.2, 0.25) is 0 Å². The molecule has 0 spiro atoms. The number of para-hydroxylation sites is 1. The Hall–Kier alpha value is -2.93. The fourth-order valence-electron chi connectivity index (χ4n) is 5.16. The molecule has 2 aromatic rings. The Morgan fingerprint density at radius 2 is 1.70 bits per heavy atom. The first-order chi connectivity index (χ1) is 14.5. The maximum absolute atomic E-state index is 13.1. The van der Waals surface area contributed by atoms with Crippen molar-refractivity contribution in [3.05, 3.63) is 58.5 Å². The number of carbonyl (C=O) groups is 3. The second-order valence-corrected chi connectivity index (χ2v) is 9.31. The number of nitrogens with one attached hydrogen (secondary N) is 2. The number of aryl methyl sites for hydroxylation is 1. The highest BCUT2D eigenvalue weighted by Crippen LogP contribution is 2.49. The maximum atomic E-state index is 13.1. The first kappa shape index (κ1) is 19.1. The van der Waals surface area contributed by atoms with Crippen LogP contribution in [0.1, 0.15) is 33.6 Å². The molecule has 0 radical (unpaired) electrons. The van der Waals surface area contributed by atoms with Crippen LogP contribution in [0.25, 0.3) is 0 Å². The molecular weight excluding hydrogens is 400 g/mol. The van der Waals surface area contributed by atoms with Crippen LogP contribution < -0.4 is 10.6 Å². The molecule has 3 N–H and O–H groups in total. The van der Waals surface area contributed by atoms with Crippen molar-refractivity contribution in [2.45, 2.75) is 25.7 Å². The largest absolute Gasteiger partial charge is 0.481 e. The summed E-state index contributed by atoms with van der Waals surface area (Å²) in [5.74, 6) is -2.90. The number of fused-ring (bicyclic) bond motifs is 3. The number of hydrogen-bond acceptors (Lipinski definition) is 4. The van der Waals surface area contributed by atoms with Crippen LogP contribution in [0.15, 0.2) is 42.5 Å². The van der Waals surface area contributed by atoms with E-state index in [1.54, 1.807) is 0 Å². The fraction of sp³-hybridized carbons (Fsp3) is 0.348. The third-order valence-corrected chi connectivity index (χ3v) is 7.67. The Morgan fingerprint density at radius 3 is 2.43 bits per heavy atom. The molecule has 3 aliphatic rings. The molecule has 6 nitrogen and oxygen atoms in total. The lowest BCUT2D eigenvalue weighted by molar-refractivity contribution is -0.146. The number of carbonyl (C=O) groups excluding carboxylic acids is 2. The van der Waals surface area contributed by atoms with Crippen LogP contribution in [-0.2, 0) is 22.4 Å². The van der Waals surface area contributed by atoms with Crippen LogP contribution in [0.3, 0.4) is 0 Å². The fourth-order valence-corrected chi connectivity index (χ4v) is 6.45. The second-order valence-electron chi connectivity index (χ2n) is 8.21. The molecule has 30 heavy (non-hydrogen) atoms. The highest BCUT2D eigenvalue weighted by Gasteiger charge is 2.51. The van der Waals surface area contributed by atoms with Gasteiger partial charge in [-0.3, -0.25) is 14.4 Å². The summed E-state index contributed by atoms with van der Waals surface area (Å²) in [6.07, 6.45) is 7.30. The number of carboxylic acids is 1. The van der Waals surface area contributed by atoms with Gasteiger partial charge in [0.2, 0.25) is 5.91 Å². The number of hydrogen-bond donors (Lipinski definition) is 3. The minimum Gasteiger partial charge on any atom is -0.481 e. The molecule has 2 bridgehead atoms. The normalized spacial score (nSPS) is 25.9. The Morgan fingerprint density at radius 1 is 0.967 bits per heavy atom. The molecule has 0 saturated heterocycles. The lowest BCUT2D eigenvalue weighted by atomic mass is 9.82. The van der Waals surface area contributed by atoms with Gasteiger partial charge in [0.25, 0.3) is 5.91 Å². The van der Waals surface area contributed by atoms with Crippen molar-refractivity contribution in [3.63, 3.8) is 0 Å². The number of rotatable bonds is 5. The SMILES string of the molecule is O=C(Nc1ccccc1)c1c(NC(=O)[C@@H]2[C@@H](C(=O)O)[C@@H]3C=C[C@H]2C3)sc2c1CCC2. The van der Waals surface area contributed by atoms with Crippen molar-refractivity contribution in [3.8, 4) is 0 Å². The Balaban J connectivity index is 1.42. The van der Waals surface area contributed by atoms with E-state index in [2.05, 4.69) is 10.6 Å². The number of carboxylic acid groups (broad SMARTS) is 1. The highest BCUT2D eigenvalue weighted by molar-refractivity contribution is 7.17. The first-order valence-corrected chi connectivity index (χ1v) is 11.1. The molecule has 1 heterocycles. The van der Waals surface area contributed by atoms with Crippen LogP contribution in [0.4, 0.5) is 10.7 Å². The summed E-state index contributed by atoms with van der Waals surface area (Å²) in [5, 5.41) is 16.0. The van der Waals surface area contributed by atoms with E-state index < -0.39 is 17.8 Å². The minimum absolute atomic E-state index is 0.0514. The summed E-state index contributed by atoms with van der Waals surface area (Å²) in [5.41, 5.74) is 2.23. The van der Waals surface area contributed by atoms with Gasteiger partial charge in [0, 0.05) is 10.6 Å². The third-order valence-electron chi connectivity index (χ3n) is 6.46. The van der Waals surface area contributed by atoms with E-state index in [1.807, 2.05) is 42.5 Å². The van der Waals surface area contributed by atoms with Gasteiger partial charge in [0.05, 0.1) is 17.4 Å². The van der Waals surface area contributed by atoms with Crippen molar-refractivity contribution in [1.29, 1.82) is 0 Å². The van der Waals surface area contributed by atoms with E-state index in [0.717, 1.165) is 29.7 Å². The van der Waals surface area contributed by atoms with Gasteiger partial charge in [0.1, 0.15) is 5.00 Å². The molecule has 1 aromatic carbocycles. The summed E-state index contributed by atoms with van der Waals surface area (Å²) in [6, 6.07) is 9.23. The minimum atomic E-state index is -0.928. The number of benzene rings is 1. The van der Waals surface area contributed by atoms with E-state index in [0.29, 0.717) is 22.7 Å². The van der Waals surface area contributed by atoms with Gasteiger partial charge >= 0.3 is 5.97 Å². The number of anilines is 2.